The van der Waals surface area contributed by atoms with E-state index in [0.717, 1.165) is 19.3 Å². The smallest absolute Gasteiger partial charge is 0.309 e. The second kappa shape index (κ2) is 3.17. The van der Waals surface area contributed by atoms with Gasteiger partial charge in [-0.3, -0.25) is 4.79 Å². The molecule has 0 radical (unpaired) electrons. The van der Waals surface area contributed by atoms with Gasteiger partial charge in [0.15, 0.2) is 0 Å². The molecule has 72 valence electrons. The maximum absolute atomic E-state index is 11.3. The molecule has 1 aliphatic carbocycles. The van der Waals surface area contributed by atoms with Gasteiger partial charge in [0.2, 0.25) is 0 Å². The van der Waals surface area contributed by atoms with Gasteiger partial charge in [-0.1, -0.05) is 13.0 Å². The van der Waals surface area contributed by atoms with E-state index in [1.54, 1.807) is 0 Å². The molecule has 0 spiro atoms. The number of esters is 1. The number of carbonyl (C=O) groups is 1. The van der Waals surface area contributed by atoms with Crippen molar-refractivity contribution >= 4 is 5.97 Å². The highest BCUT2D eigenvalue weighted by Gasteiger charge is 2.44. The fourth-order valence-corrected chi connectivity index (χ4v) is 2.53. The van der Waals surface area contributed by atoms with Gasteiger partial charge < -0.3 is 4.74 Å². The summed E-state index contributed by atoms with van der Waals surface area (Å²) < 4.78 is 5.30. The van der Waals surface area contributed by atoms with E-state index >= 15 is 0 Å². The van der Waals surface area contributed by atoms with Gasteiger partial charge in [0, 0.05) is 5.92 Å². The van der Waals surface area contributed by atoms with Gasteiger partial charge in [-0.25, -0.2) is 0 Å². The highest BCUT2D eigenvalue weighted by Crippen LogP contribution is 2.41. The van der Waals surface area contributed by atoms with Crippen molar-refractivity contribution in [1.82, 2.24) is 0 Å². The van der Waals surface area contributed by atoms with E-state index in [2.05, 4.69) is 6.58 Å². The van der Waals surface area contributed by atoms with E-state index in [1.807, 2.05) is 13.0 Å². The zero-order chi connectivity index (χ0) is 9.42. The summed E-state index contributed by atoms with van der Waals surface area (Å²) in [4.78, 5) is 11.3. The maximum Gasteiger partial charge on any atom is 0.309 e. The molecule has 13 heavy (non-hydrogen) atoms. The van der Waals surface area contributed by atoms with Crippen LogP contribution in [0.4, 0.5) is 0 Å². The summed E-state index contributed by atoms with van der Waals surface area (Å²) in [5.41, 5.74) is 0. The van der Waals surface area contributed by atoms with E-state index in [-0.39, 0.29) is 18.0 Å². The van der Waals surface area contributed by atoms with Crippen LogP contribution >= 0.6 is 0 Å². The van der Waals surface area contributed by atoms with Crippen molar-refractivity contribution in [2.45, 2.75) is 32.3 Å². The average Bonchev–Trinajstić information content (AvgIpc) is 2.43. The lowest BCUT2D eigenvalue weighted by molar-refractivity contribution is -0.144. The van der Waals surface area contributed by atoms with E-state index in [4.69, 9.17) is 4.74 Å². The van der Waals surface area contributed by atoms with Crippen LogP contribution in [0.5, 0.6) is 0 Å². The first kappa shape index (κ1) is 8.79. The van der Waals surface area contributed by atoms with Crippen LogP contribution in [0.2, 0.25) is 0 Å². The highest BCUT2D eigenvalue weighted by molar-refractivity contribution is 5.74. The number of carbonyl (C=O) groups excluding carboxylic acids is 1. The van der Waals surface area contributed by atoms with E-state index < -0.39 is 0 Å². The first-order valence-corrected chi connectivity index (χ1v) is 5.05. The van der Waals surface area contributed by atoms with Crippen molar-refractivity contribution in [3.8, 4) is 0 Å². The topological polar surface area (TPSA) is 26.3 Å². The molecule has 0 aromatic heterocycles. The summed E-state index contributed by atoms with van der Waals surface area (Å²) in [6.45, 7) is 5.80. The Morgan fingerprint density at radius 2 is 2.31 bits per heavy atom. The second-order valence-electron chi connectivity index (χ2n) is 4.24. The molecule has 0 aromatic carbocycles. The van der Waals surface area contributed by atoms with Crippen LogP contribution in [0.15, 0.2) is 12.7 Å². The van der Waals surface area contributed by atoms with Crippen molar-refractivity contribution in [1.29, 1.82) is 0 Å². The Balaban J connectivity index is 2.09. The molecular formula is C11H16O2. The van der Waals surface area contributed by atoms with E-state index in [9.17, 15) is 4.79 Å². The molecule has 4 atom stereocenters. The predicted molar refractivity (Wildman–Crippen MR) is 50.1 cm³/mol. The molecule has 2 fully saturated rings. The first-order valence-electron chi connectivity index (χ1n) is 5.05. The monoisotopic (exact) mass is 180 g/mol. The van der Waals surface area contributed by atoms with Gasteiger partial charge in [-0.2, -0.15) is 0 Å². The Labute approximate surface area is 79.0 Å². The molecular weight excluding hydrogens is 164 g/mol. The SMILES string of the molecule is C=CC1CCC2OC(=O)C(C)C2C1. The fourth-order valence-electron chi connectivity index (χ4n) is 2.53. The number of allylic oxidation sites excluding steroid dienone is 1. The highest BCUT2D eigenvalue weighted by atomic mass is 16.6. The van der Waals surface area contributed by atoms with E-state index in [1.165, 1.54) is 0 Å². The van der Waals surface area contributed by atoms with Crippen LogP contribution in [0.3, 0.4) is 0 Å². The normalized spacial score (nSPS) is 43.9. The van der Waals surface area contributed by atoms with Crippen molar-refractivity contribution in [2.24, 2.45) is 17.8 Å². The minimum absolute atomic E-state index is 0.000266. The summed E-state index contributed by atoms with van der Waals surface area (Å²) in [6, 6.07) is 0. The summed E-state index contributed by atoms with van der Waals surface area (Å²) in [5, 5.41) is 0. The molecule has 2 aliphatic rings. The van der Waals surface area contributed by atoms with Gasteiger partial charge in [-0.15, -0.1) is 6.58 Å². The molecule has 1 aliphatic heterocycles. The maximum atomic E-state index is 11.3. The molecule has 2 rings (SSSR count). The van der Waals surface area contributed by atoms with Crippen LogP contribution in [-0.2, 0) is 9.53 Å². The second-order valence-corrected chi connectivity index (χ2v) is 4.24. The molecule has 1 saturated carbocycles. The number of hydrogen-bond donors (Lipinski definition) is 0. The summed E-state index contributed by atoms with van der Waals surface area (Å²) in [6.07, 6.45) is 5.47. The summed E-state index contributed by atoms with van der Waals surface area (Å²) in [5.74, 6) is 1.15. The van der Waals surface area contributed by atoms with E-state index in [0.29, 0.717) is 11.8 Å². The third kappa shape index (κ3) is 1.38. The molecule has 0 N–H and O–H groups in total. The Morgan fingerprint density at radius 3 is 3.00 bits per heavy atom. The van der Waals surface area contributed by atoms with Crippen LogP contribution in [0, 0.1) is 17.8 Å². The number of rotatable bonds is 1. The van der Waals surface area contributed by atoms with Crippen molar-refractivity contribution < 1.29 is 9.53 Å². The van der Waals surface area contributed by atoms with Gasteiger partial charge in [-0.05, 0) is 25.2 Å². The quantitative estimate of drug-likeness (QED) is 0.456. The number of fused-ring (bicyclic) bond motifs is 1. The van der Waals surface area contributed by atoms with Crippen molar-refractivity contribution in [2.75, 3.05) is 0 Å². The largest absolute Gasteiger partial charge is 0.462 e. The van der Waals surface area contributed by atoms with Gasteiger partial charge in [0.1, 0.15) is 6.10 Å². The standard InChI is InChI=1S/C11H16O2/c1-3-8-4-5-10-9(6-8)7(2)11(12)13-10/h3,7-10H,1,4-6H2,2H3. The number of hydrogen-bond acceptors (Lipinski definition) is 2. The molecule has 0 amide bonds. The predicted octanol–water partition coefficient (Wildman–Crippen LogP) is 2.15. The average molecular weight is 180 g/mol. The molecule has 1 saturated heterocycles. The number of ether oxygens (including phenoxy) is 1. The molecule has 2 nitrogen and oxygen atoms in total. The van der Waals surface area contributed by atoms with Gasteiger partial charge >= 0.3 is 5.97 Å². The first-order chi connectivity index (χ1) is 6.22. The Bertz CT molecular complexity index is 234. The lowest BCUT2D eigenvalue weighted by atomic mass is 9.75. The molecule has 1 heterocycles. The van der Waals surface area contributed by atoms with Crippen LogP contribution in [0.1, 0.15) is 26.2 Å². The molecule has 4 unspecified atom stereocenters. The zero-order valence-electron chi connectivity index (χ0n) is 8.03. The van der Waals surface area contributed by atoms with Gasteiger partial charge in [0.25, 0.3) is 0 Å². The summed E-state index contributed by atoms with van der Waals surface area (Å²) >= 11 is 0. The van der Waals surface area contributed by atoms with Crippen molar-refractivity contribution in [3.05, 3.63) is 12.7 Å². The van der Waals surface area contributed by atoms with Crippen molar-refractivity contribution in [3.63, 3.8) is 0 Å². The van der Waals surface area contributed by atoms with Crippen LogP contribution in [-0.4, -0.2) is 12.1 Å². The molecule has 0 bridgehead atoms. The molecule has 0 aromatic rings. The third-order valence-electron chi connectivity index (χ3n) is 3.49. The van der Waals surface area contributed by atoms with Crippen LogP contribution < -0.4 is 0 Å². The van der Waals surface area contributed by atoms with Crippen LogP contribution in [0.25, 0.3) is 0 Å². The van der Waals surface area contributed by atoms with Gasteiger partial charge in [0.05, 0.1) is 5.92 Å². The Kier molecular flexibility index (Phi) is 2.14. The Hall–Kier alpha value is -0.790. The minimum Gasteiger partial charge on any atom is -0.462 e. The lowest BCUT2D eigenvalue weighted by Crippen LogP contribution is -2.27. The lowest BCUT2D eigenvalue weighted by Gasteiger charge is -2.29. The summed E-state index contributed by atoms with van der Waals surface area (Å²) in [7, 11) is 0. The minimum atomic E-state index is -0.000266. The zero-order valence-corrected chi connectivity index (χ0v) is 8.03. The fraction of sp³-hybridized carbons (Fsp3) is 0.727. The Morgan fingerprint density at radius 1 is 1.54 bits per heavy atom. The molecule has 2 heteroatoms. The third-order valence-corrected chi connectivity index (χ3v) is 3.49.